The maximum atomic E-state index is 15.1. The van der Waals surface area contributed by atoms with Crippen LogP contribution in [-0.2, 0) is 6.54 Å². The fourth-order valence-electron chi connectivity index (χ4n) is 4.70. The van der Waals surface area contributed by atoms with Crippen LogP contribution in [0, 0.1) is 5.82 Å². The minimum atomic E-state index is -0.622. The first-order valence-electron chi connectivity index (χ1n) is 11.7. The second-order valence-electron chi connectivity index (χ2n) is 8.93. The number of ether oxygens (including phenoxy) is 2. The highest BCUT2D eigenvalue weighted by Crippen LogP contribution is 2.37. The lowest BCUT2D eigenvalue weighted by atomic mass is 9.91. The number of urea groups is 1. The molecule has 1 aliphatic carbocycles. The number of carbonyl (C=O) groups excluding carboxylic acids is 1. The number of hydrogen-bond donors (Lipinski definition) is 1. The van der Waals surface area contributed by atoms with Crippen molar-refractivity contribution in [2.45, 2.75) is 51.2 Å². The average Bonchev–Trinajstić information content (AvgIpc) is 2.84. The predicted molar refractivity (Wildman–Crippen MR) is 129 cm³/mol. The van der Waals surface area contributed by atoms with Gasteiger partial charge in [-0.05, 0) is 46.7 Å². The summed E-state index contributed by atoms with van der Waals surface area (Å²) >= 11 is 0. The number of hydrogen-bond acceptors (Lipinski definition) is 7. The molecule has 4 rings (SSSR count). The zero-order valence-electron chi connectivity index (χ0n) is 20.5. The third-order valence-electron chi connectivity index (χ3n) is 6.70. The summed E-state index contributed by atoms with van der Waals surface area (Å²) in [6.45, 7) is 2.40. The highest BCUT2D eigenvalue weighted by Gasteiger charge is 2.35. The summed E-state index contributed by atoms with van der Waals surface area (Å²) in [5, 5.41) is 3.45. The Morgan fingerprint density at radius 1 is 1.18 bits per heavy atom. The second kappa shape index (κ2) is 10.0. The molecule has 0 unspecified atom stereocenters. The van der Waals surface area contributed by atoms with Gasteiger partial charge in [0.25, 0.3) is 0 Å². The van der Waals surface area contributed by atoms with E-state index in [-0.39, 0.29) is 24.0 Å². The van der Waals surface area contributed by atoms with E-state index in [1.165, 1.54) is 31.3 Å². The Bertz CT molecular complexity index is 1040. The molecule has 9 nitrogen and oxygen atoms in total. The first-order chi connectivity index (χ1) is 16.4. The summed E-state index contributed by atoms with van der Waals surface area (Å²) in [6, 6.07) is 3.50. The molecule has 2 heterocycles. The molecule has 1 saturated carbocycles. The summed E-state index contributed by atoms with van der Waals surface area (Å²) in [6.07, 6.45) is 6.06. The molecule has 0 saturated heterocycles. The molecule has 0 spiro atoms. The van der Waals surface area contributed by atoms with Crippen molar-refractivity contribution in [3.8, 4) is 11.5 Å². The molecule has 1 aromatic heterocycles. The monoisotopic (exact) mass is 472 g/mol. The lowest BCUT2D eigenvalue weighted by Crippen LogP contribution is -2.48. The first kappa shape index (κ1) is 24.0. The molecular weight excluding hydrogens is 439 g/mol. The Morgan fingerprint density at radius 3 is 2.53 bits per heavy atom. The molecular formula is C24H33FN6O3. The van der Waals surface area contributed by atoms with Gasteiger partial charge in [-0.3, -0.25) is 9.80 Å². The zero-order valence-corrected chi connectivity index (χ0v) is 20.5. The Labute approximate surface area is 199 Å². The molecule has 2 aliphatic rings. The van der Waals surface area contributed by atoms with E-state index in [9.17, 15) is 4.79 Å². The fourth-order valence-corrected chi connectivity index (χ4v) is 4.70. The molecule has 0 atom stereocenters. The number of rotatable bonds is 7. The van der Waals surface area contributed by atoms with E-state index in [1.54, 1.807) is 11.1 Å². The van der Waals surface area contributed by atoms with Crippen LogP contribution < -0.4 is 24.6 Å². The third-order valence-corrected chi connectivity index (χ3v) is 6.70. The van der Waals surface area contributed by atoms with Crippen molar-refractivity contribution >= 4 is 23.5 Å². The maximum absolute atomic E-state index is 15.1. The molecule has 1 aromatic carbocycles. The third kappa shape index (κ3) is 4.59. The standard InChI is InChI=1S/C24H33FN6O3/c1-6-30-22-15(13-26-23(28-22)27-16-7-9-17(10-8-16)29(2)3)14-31(24(30)32)19-11-18(33-4)12-20(34-5)21(19)25/h11-13,16-17H,6-10,14H2,1-5H3,(H,26,27,28). The van der Waals surface area contributed by atoms with Gasteiger partial charge in [-0.25, -0.2) is 14.2 Å². The first-order valence-corrected chi connectivity index (χ1v) is 11.7. The van der Waals surface area contributed by atoms with Crippen molar-refractivity contribution in [1.29, 1.82) is 0 Å². The van der Waals surface area contributed by atoms with Gasteiger partial charge in [0, 0.05) is 42.5 Å². The quantitative estimate of drug-likeness (QED) is 0.655. The lowest BCUT2D eigenvalue weighted by molar-refractivity contribution is 0.221. The SMILES string of the molecule is CCN1C(=O)N(c2cc(OC)cc(OC)c2F)Cc2cnc(NC3CCC(N(C)C)CC3)nc21. The molecule has 1 N–H and O–H groups in total. The van der Waals surface area contributed by atoms with Crippen molar-refractivity contribution in [1.82, 2.24) is 14.9 Å². The fraction of sp³-hybridized carbons (Fsp3) is 0.542. The molecule has 34 heavy (non-hydrogen) atoms. The molecule has 2 amide bonds. The van der Waals surface area contributed by atoms with E-state index in [0.29, 0.717) is 36.1 Å². The molecule has 1 fully saturated rings. The topological polar surface area (TPSA) is 83.1 Å². The molecule has 10 heteroatoms. The zero-order chi connectivity index (χ0) is 24.4. The van der Waals surface area contributed by atoms with Gasteiger partial charge >= 0.3 is 6.03 Å². The van der Waals surface area contributed by atoms with Crippen LogP contribution in [0.15, 0.2) is 18.3 Å². The van der Waals surface area contributed by atoms with Crippen molar-refractivity contribution in [2.75, 3.05) is 50.0 Å². The van der Waals surface area contributed by atoms with E-state index < -0.39 is 5.82 Å². The van der Waals surface area contributed by atoms with Crippen LogP contribution in [-0.4, -0.2) is 67.8 Å². The summed E-state index contributed by atoms with van der Waals surface area (Å²) in [5.41, 5.74) is 0.828. The minimum Gasteiger partial charge on any atom is -0.497 e. The van der Waals surface area contributed by atoms with E-state index in [2.05, 4.69) is 34.3 Å². The van der Waals surface area contributed by atoms with Gasteiger partial charge in [0.15, 0.2) is 11.6 Å². The van der Waals surface area contributed by atoms with Gasteiger partial charge in [-0.15, -0.1) is 0 Å². The van der Waals surface area contributed by atoms with Crippen LogP contribution >= 0.6 is 0 Å². The van der Waals surface area contributed by atoms with E-state index in [4.69, 9.17) is 9.47 Å². The molecule has 1 aliphatic heterocycles. The average molecular weight is 473 g/mol. The van der Waals surface area contributed by atoms with Gasteiger partial charge in [-0.1, -0.05) is 0 Å². The number of fused-ring (bicyclic) bond motifs is 1. The van der Waals surface area contributed by atoms with Gasteiger partial charge in [-0.2, -0.15) is 4.98 Å². The number of carbonyl (C=O) groups is 1. The summed E-state index contributed by atoms with van der Waals surface area (Å²) in [4.78, 5) is 27.8. The van der Waals surface area contributed by atoms with E-state index in [0.717, 1.165) is 31.2 Å². The Morgan fingerprint density at radius 2 is 1.91 bits per heavy atom. The highest BCUT2D eigenvalue weighted by molar-refractivity contribution is 6.05. The van der Waals surface area contributed by atoms with E-state index >= 15 is 4.39 Å². The van der Waals surface area contributed by atoms with Gasteiger partial charge in [0.05, 0.1) is 26.5 Å². The number of methoxy groups -OCH3 is 2. The number of halogens is 1. The van der Waals surface area contributed by atoms with Crippen LogP contribution in [0.1, 0.15) is 38.2 Å². The second-order valence-corrected chi connectivity index (χ2v) is 8.93. The predicted octanol–water partition coefficient (Wildman–Crippen LogP) is 3.88. The number of aromatic nitrogens is 2. The number of nitrogens with one attached hydrogen (secondary N) is 1. The van der Waals surface area contributed by atoms with Crippen LogP contribution in [0.5, 0.6) is 11.5 Å². The van der Waals surface area contributed by atoms with Crippen LogP contribution in [0.2, 0.25) is 0 Å². The molecule has 0 radical (unpaired) electrons. The van der Waals surface area contributed by atoms with Gasteiger partial charge in [0.1, 0.15) is 11.6 Å². The van der Waals surface area contributed by atoms with Crippen molar-refractivity contribution in [3.63, 3.8) is 0 Å². The number of anilines is 3. The van der Waals surface area contributed by atoms with Crippen molar-refractivity contribution in [2.24, 2.45) is 0 Å². The minimum absolute atomic E-state index is 0.00998. The van der Waals surface area contributed by atoms with Crippen LogP contribution in [0.25, 0.3) is 0 Å². The van der Waals surface area contributed by atoms with Crippen LogP contribution in [0.3, 0.4) is 0 Å². The summed E-state index contributed by atoms with van der Waals surface area (Å²) < 4.78 is 25.5. The summed E-state index contributed by atoms with van der Waals surface area (Å²) in [5.74, 6) is 0.855. The van der Waals surface area contributed by atoms with Crippen LogP contribution in [0.4, 0.5) is 26.6 Å². The largest absolute Gasteiger partial charge is 0.497 e. The van der Waals surface area contributed by atoms with E-state index in [1.807, 2.05) is 6.92 Å². The number of benzene rings is 1. The number of amides is 2. The normalized spacial score (nSPS) is 20.4. The molecule has 2 aromatic rings. The smallest absolute Gasteiger partial charge is 0.330 e. The number of nitrogens with zero attached hydrogens (tertiary/aromatic N) is 5. The molecule has 0 bridgehead atoms. The van der Waals surface area contributed by atoms with Gasteiger partial charge < -0.3 is 19.7 Å². The lowest BCUT2D eigenvalue weighted by Gasteiger charge is -2.36. The highest BCUT2D eigenvalue weighted by atomic mass is 19.1. The molecule has 184 valence electrons. The summed E-state index contributed by atoms with van der Waals surface area (Å²) in [7, 11) is 7.11. The van der Waals surface area contributed by atoms with Crippen molar-refractivity contribution < 1.29 is 18.7 Å². The Kier molecular flexibility index (Phi) is 7.06. The Hall–Kier alpha value is -3.14. The Balaban J connectivity index is 1.58. The maximum Gasteiger partial charge on any atom is 0.330 e. The van der Waals surface area contributed by atoms with Crippen molar-refractivity contribution in [3.05, 3.63) is 29.7 Å². The van der Waals surface area contributed by atoms with Gasteiger partial charge in [0.2, 0.25) is 5.95 Å².